The number of benzene rings is 1. The second-order valence-corrected chi connectivity index (χ2v) is 10.8. The van der Waals surface area contributed by atoms with E-state index in [-0.39, 0.29) is 59.9 Å². The van der Waals surface area contributed by atoms with Crippen molar-refractivity contribution in [3.8, 4) is 5.75 Å². The third kappa shape index (κ3) is 6.93. The van der Waals surface area contributed by atoms with Crippen LogP contribution in [-0.2, 0) is 20.8 Å². The minimum absolute atomic E-state index is 0.0544. The molecule has 2 aromatic rings. The van der Waals surface area contributed by atoms with Gasteiger partial charge in [0.05, 0.1) is 24.7 Å². The molecule has 0 aliphatic carbocycles. The molecule has 4 atom stereocenters. The standard InChI is InChI=1S/C26H34N8O5S/c27-18(12-15-3-6-17(35)7-4-15)25(39)33-13-16-5-8-20(34(16)21(36)14-33)23(38)32-19(2-1-9-31-26(28)29)22(37)24-30-10-11-40-24/h3-4,6-7,10-11,16,18-20,35H,1-2,5,8-9,12-14,27H2,(H,32,38)(H4,28,29,31). The average molecular weight is 571 g/mol. The van der Waals surface area contributed by atoms with Crippen LogP contribution >= 0.6 is 11.3 Å². The maximum absolute atomic E-state index is 13.4. The third-order valence-electron chi connectivity index (χ3n) is 7.09. The van der Waals surface area contributed by atoms with E-state index in [1.165, 1.54) is 39.5 Å². The number of Topliss-reactive ketones (excluding diaryl/α,β-unsaturated/α-hetero) is 1. The Hall–Kier alpha value is -4.04. The van der Waals surface area contributed by atoms with Crippen LogP contribution in [0.25, 0.3) is 0 Å². The van der Waals surface area contributed by atoms with Gasteiger partial charge in [-0.1, -0.05) is 12.1 Å². The van der Waals surface area contributed by atoms with E-state index in [0.717, 1.165) is 5.56 Å². The third-order valence-corrected chi connectivity index (χ3v) is 7.88. The average Bonchev–Trinajstić information content (AvgIpc) is 3.61. The van der Waals surface area contributed by atoms with Crippen LogP contribution < -0.4 is 22.5 Å². The molecule has 0 spiro atoms. The number of nitrogens with one attached hydrogen (secondary N) is 1. The number of carbonyl (C=O) groups is 4. The fourth-order valence-corrected chi connectivity index (χ4v) is 5.80. The zero-order valence-electron chi connectivity index (χ0n) is 21.9. The molecule has 1 aromatic carbocycles. The van der Waals surface area contributed by atoms with E-state index in [9.17, 15) is 24.3 Å². The van der Waals surface area contributed by atoms with Gasteiger partial charge in [0.25, 0.3) is 0 Å². The smallest absolute Gasteiger partial charge is 0.243 e. The number of phenolic OH excluding ortho intramolecular Hbond substituents is 1. The van der Waals surface area contributed by atoms with Crippen LogP contribution in [-0.4, -0.2) is 93.2 Å². The second-order valence-electron chi connectivity index (χ2n) is 9.96. The van der Waals surface area contributed by atoms with Gasteiger partial charge in [0.2, 0.25) is 23.5 Å². The molecule has 13 nitrogen and oxygen atoms in total. The molecule has 4 rings (SSSR count). The summed E-state index contributed by atoms with van der Waals surface area (Å²) in [7, 11) is 0. The molecule has 4 unspecified atom stereocenters. The van der Waals surface area contributed by atoms with E-state index in [0.29, 0.717) is 32.2 Å². The van der Waals surface area contributed by atoms with Crippen LogP contribution in [0, 0.1) is 0 Å². The Morgan fingerprint density at radius 3 is 2.62 bits per heavy atom. The van der Waals surface area contributed by atoms with Crippen molar-refractivity contribution in [2.75, 3.05) is 19.6 Å². The molecule has 3 amide bonds. The van der Waals surface area contributed by atoms with Gasteiger partial charge in [-0.05, 0) is 49.8 Å². The zero-order chi connectivity index (χ0) is 28.8. The zero-order valence-corrected chi connectivity index (χ0v) is 22.8. The summed E-state index contributed by atoms with van der Waals surface area (Å²) >= 11 is 1.18. The van der Waals surface area contributed by atoms with Crippen LogP contribution in [0.2, 0.25) is 0 Å². The number of rotatable bonds is 11. The molecule has 14 heteroatoms. The van der Waals surface area contributed by atoms with Crippen molar-refractivity contribution in [1.29, 1.82) is 0 Å². The second kappa shape index (κ2) is 12.9. The summed E-state index contributed by atoms with van der Waals surface area (Å²) in [5.74, 6) is -1.35. The molecule has 214 valence electrons. The van der Waals surface area contributed by atoms with Gasteiger partial charge in [0, 0.05) is 24.7 Å². The first-order chi connectivity index (χ1) is 19.1. The number of fused-ring (bicyclic) bond motifs is 1. The SMILES string of the molecule is NC(N)=NCCCC(NC(=O)C1CCC2CN(C(=O)C(N)Cc3ccc(O)cc3)CC(=O)N21)C(=O)c1nccs1. The number of carbonyl (C=O) groups excluding carboxylic acids is 4. The number of ketones is 1. The topological polar surface area (TPSA) is 210 Å². The number of nitrogens with zero attached hydrogens (tertiary/aromatic N) is 4. The molecule has 2 aliphatic rings. The Morgan fingerprint density at radius 2 is 1.95 bits per heavy atom. The lowest BCUT2D eigenvalue weighted by molar-refractivity contribution is -0.151. The van der Waals surface area contributed by atoms with Crippen molar-refractivity contribution in [2.45, 2.75) is 56.3 Å². The fourth-order valence-electron chi connectivity index (χ4n) is 5.17. The molecule has 0 radical (unpaired) electrons. The summed E-state index contributed by atoms with van der Waals surface area (Å²) in [6.45, 7) is 0.398. The first-order valence-corrected chi connectivity index (χ1v) is 13.9. The summed E-state index contributed by atoms with van der Waals surface area (Å²) in [4.78, 5) is 63.6. The van der Waals surface area contributed by atoms with Gasteiger partial charge in [0.15, 0.2) is 11.0 Å². The van der Waals surface area contributed by atoms with Crippen LogP contribution in [0.1, 0.15) is 41.0 Å². The fraction of sp³-hybridized carbons (Fsp3) is 0.462. The van der Waals surface area contributed by atoms with E-state index in [1.807, 2.05) is 0 Å². The van der Waals surface area contributed by atoms with Gasteiger partial charge in [-0.3, -0.25) is 24.2 Å². The number of amides is 3. The molecular weight excluding hydrogens is 536 g/mol. The molecule has 2 saturated heterocycles. The molecule has 40 heavy (non-hydrogen) atoms. The number of hydrogen-bond acceptors (Lipinski definition) is 9. The van der Waals surface area contributed by atoms with E-state index in [4.69, 9.17) is 17.2 Å². The Balaban J connectivity index is 1.38. The summed E-state index contributed by atoms with van der Waals surface area (Å²) in [5, 5.41) is 14.2. The number of nitrogens with two attached hydrogens (primary N) is 3. The molecular formula is C26H34N8O5S. The highest BCUT2D eigenvalue weighted by atomic mass is 32.1. The minimum Gasteiger partial charge on any atom is -0.508 e. The number of guanidine groups is 1. The van der Waals surface area contributed by atoms with Gasteiger partial charge in [-0.2, -0.15) is 0 Å². The summed E-state index contributed by atoms with van der Waals surface area (Å²) in [5.41, 5.74) is 17.7. The largest absolute Gasteiger partial charge is 0.508 e. The number of aromatic nitrogens is 1. The predicted octanol–water partition coefficient (Wildman–Crippen LogP) is -0.658. The van der Waals surface area contributed by atoms with E-state index < -0.39 is 24.0 Å². The molecule has 3 heterocycles. The van der Waals surface area contributed by atoms with Crippen molar-refractivity contribution in [3.63, 3.8) is 0 Å². The van der Waals surface area contributed by atoms with Crippen molar-refractivity contribution in [3.05, 3.63) is 46.4 Å². The lowest BCUT2D eigenvalue weighted by Gasteiger charge is -2.40. The van der Waals surface area contributed by atoms with Crippen molar-refractivity contribution in [2.24, 2.45) is 22.2 Å². The lowest BCUT2D eigenvalue weighted by Crippen LogP contribution is -2.62. The first-order valence-electron chi connectivity index (χ1n) is 13.1. The lowest BCUT2D eigenvalue weighted by atomic mass is 10.0. The highest BCUT2D eigenvalue weighted by Crippen LogP contribution is 2.29. The quantitative estimate of drug-likeness (QED) is 0.100. The molecule has 2 aliphatic heterocycles. The molecule has 2 fully saturated rings. The monoisotopic (exact) mass is 570 g/mol. The van der Waals surface area contributed by atoms with E-state index in [1.54, 1.807) is 17.5 Å². The summed E-state index contributed by atoms with van der Waals surface area (Å²) in [6.07, 6.45) is 3.49. The van der Waals surface area contributed by atoms with Gasteiger partial charge < -0.3 is 37.4 Å². The molecule has 0 saturated carbocycles. The normalized spacial score (nSPS) is 20.0. The van der Waals surface area contributed by atoms with Crippen LogP contribution in [0.3, 0.4) is 0 Å². The van der Waals surface area contributed by atoms with Gasteiger partial charge in [-0.15, -0.1) is 11.3 Å². The van der Waals surface area contributed by atoms with E-state index in [2.05, 4.69) is 15.3 Å². The van der Waals surface area contributed by atoms with Crippen molar-refractivity contribution in [1.82, 2.24) is 20.1 Å². The number of thiazole rings is 1. The highest BCUT2D eigenvalue weighted by molar-refractivity contribution is 7.11. The van der Waals surface area contributed by atoms with Crippen LogP contribution in [0.15, 0.2) is 40.8 Å². The van der Waals surface area contributed by atoms with Crippen LogP contribution in [0.4, 0.5) is 0 Å². The Labute approximate surface area is 235 Å². The molecule has 0 bridgehead atoms. The maximum Gasteiger partial charge on any atom is 0.243 e. The van der Waals surface area contributed by atoms with E-state index >= 15 is 0 Å². The number of hydrogen-bond donors (Lipinski definition) is 5. The van der Waals surface area contributed by atoms with Crippen molar-refractivity contribution >= 4 is 40.8 Å². The number of aromatic hydroxyl groups is 1. The Morgan fingerprint density at radius 1 is 1.20 bits per heavy atom. The summed E-state index contributed by atoms with van der Waals surface area (Å²) in [6, 6.07) is 3.68. The predicted molar refractivity (Wildman–Crippen MR) is 148 cm³/mol. The first kappa shape index (κ1) is 29.0. The Bertz CT molecular complexity index is 1250. The number of phenols is 1. The van der Waals surface area contributed by atoms with Gasteiger partial charge in [-0.25, -0.2) is 4.98 Å². The minimum atomic E-state index is -0.846. The number of aliphatic imine (C=N–C) groups is 1. The van der Waals surface area contributed by atoms with Crippen molar-refractivity contribution < 1.29 is 24.3 Å². The van der Waals surface area contributed by atoms with Gasteiger partial charge in [0.1, 0.15) is 11.8 Å². The molecule has 8 N–H and O–H groups in total. The highest BCUT2D eigenvalue weighted by Gasteiger charge is 2.46. The van der Waals surface area contributed by atoms with Gasteiger partial charge >= 0.3 is 0 Å². The Kier molecular flexibility index (Phi) is 9.32. The summed E-state index contributed by atoms with van der Waals surface area (Å²) < 4.78 is 0. The number of piperazine rings is 1. The maximum atomic E-state index is 13.4. The molecule has 1 aromatic heterocycles. The van der Waals surface area contributed by atoms with Crippen LogP contribution in [0.5, 0.6) is 5.75 Å².